The van der Waals surface area contributed by atoms with Gasteiger partial charge in [-0.25, -0.2) is 0 Å². The van der Waals surface area contributed by atoms with Crippen molar-refractivity contribution in [3.05, 3.63) is 62.8 Å². The highest BCUT2D eigenvalue weighted by Gasteiger charge is 2.33. The first kappa shape index (κ1) is 17.6. The second-order valence-corrected chi connectivity index (χ2v) is 6.13. The molecule has 0 aliphatic carbocycles. The summed E-state index contributed by atoms with van der Waals surface area (Å²) >= 11 is 7.14. The topological polar surface area (TPSA) is 29.1 Å². The zero-order chi connectivity index (χ0) is 16.9. The minimum absolute atomic E-state index is 0.259. The second-order valence-electron chi connectivity index (χ2n) is 4.69. The molecular formula is C16H13ClF3NOS. The van der Waals surface area contributed by atoms with Gasteiger partial charge >= 0.3 is 6.18 Å². The number of carbonyl (C=O) groups excluding carboxylic acids is 1. The number of rotatable bonds is 5. The van der Waals surface area contributed by atoms with E-state index in [1.807, 2.05) is 17.5 Å². The normalized spacial score (nSPS) is 11.8. The zero-order valence-electron chi connectivity index (χ0n) is 11.9. The molecule has 0 aliphatic rings. The summed E-state index contributed by atoms with van der Waals surface area (Å²) in [5.41, 5.74) is -0.658. The van der Waals surface area contributed by atoms with Crippen molar-refractivity contribution in [3.8, 4) is 0 Å². The number of carbonyl (C=O) groups is 1. The van der Waals surface area contributed by atoms with E-state index in [2.05, 4.69) is 5.32 Å². The molecule has 0 spiro atoms. The second kappa shape index (κ2) is 7.66. The molecule has 1 N–H and O–H groups in total. The smallest absolute Gasteiger partial charge is 0.352 e. The fraction of sp³-hybridized carbons (Fsp3) is 0.188. The van der Waals surface area contributed by atoms with Gasteiger partial charge in [-0.2, -0.15) is 13.2 Å². The number of halogens is 4. The van der Waals surface area contributed by atoms with Crippen LogP contribution in [0, 0.1) is 0 Å². The van der Waals surface area contributed by atoms with Gasteiger partial charge in [-0.1, -0.05) is 23.7 Å². The molecule has 2 nitrogen and oxygen atoms in total. The molecule has 0 fully saturated rings. The lowest BCUT2D eigenvalue weighted by Gasteiger charge is -2.09. The van der Waals surface area contributed by atoms with E-state index in [1.54, 1.807) is 11.3 Å². The molecule has 1 aromatic heterocycles. The number of hydrogen-bond donors (Lipinski definition) is 1. The number of nitrogens with one attached hydrogen (secondary N) is 1. The van der Waals surface area contributed by atoms with Crippen molar-refractivity contribution in [1.82, 2.24) is 5.32 Å². The summed E-state index contributed by atoms with van der Waals surface area (Å²) in [6, 6.07) is 7.41. The van der Waals surface area contributed by atoms with E-state index in [-0.39, 0.29) is 16.5 Å². The maximum absolute atomic E-state index is 12.7. The van der Waals surface area contributed by atoms with E-state index in [4.69, 9.17) is 11.6 Å². The Kier molecular flexibility index (Phi) is 5.85. The average molecular weight is 360 g/mol. The summed E-state index contributed by atoms with van der Waals surface area (Å²) in [4.78, 5) is 12.8. The van der Waals surface area contributed by atoms with Crippen LogP contribution in [-0.2, 0) is 17.4 Å². The van der Waals surface area contributed by atoms with Gasteiger partial charge in [0.25, 0.3) is 0 Å². The first-order chi connectivity index (χ1) is 10.9. The van der Waals surface area contributed by atoms with Crippen molar-refractivity contribution in [2.75, 3.05) is 6.54 Å². The Morgan fingerprint density at radius 2 is 2.09 bits per heavy atom. The lowest BCUT2D eigenvalue weighted by atomic mass is 10.1. The Hall–Kier alpha value is -1.79. The highest BCUT2D eigenvalue weighted by Crippen LogP contribution is 2.35. The summed E-state index contributed by atoms with van der Waals surface area (Å²) in [6.07, 6.45) is -1.27. The SMILES string of the molecule is O=C(/C=C/c1ccc(Cl)c(C(F)(F)F)c1)NCCc1cccs1. The molecule has 2 rings (SSSR count). The van der Waals surface area contributed by atoms with E-state index in [1.165, 1.54) is 24.3 Å². The minimum atomic E-state index is -4.52. The van der Waals surface area contributed by atoms with Crippen LogP contribution < -0.4 is 5.32 Å². The number of benzene rings is 1. The number of hydrogen-bond acceptors (Lipinski definition) is 2. The summed E-state index contributed by atoms with van der Waals surface area (Å²) in [6.45, 7) is 0.470. The van der Waals surface area contributed by atoms with Crippen molar-refractivity contribution in [2.24, 2.45) is 0 Å². The third-order valence-corrected chi connectivity index (χ3v) is 4.24. The van der Waals surface area contributed by atoms with Gasteiger partial charge < -0.3 is 5.32 Å². The monoisotopic (exact) mass is 359 g/mol. The zero-order valence-corrected chi connectivity index (χ0v) is 13.4. The largest absolute Gasteiger partial charge is 0.417 e. The maximum Gasteiger partial charge on any atom is 0.417 e. The highest BCUT2D eigenvalue weighted by molar-refractivity contribution is 7.09. The van der Waals surface area contributed by atoms with Gasteiger partial charge in [0.05, 0.1) is 10.6 Å². The molecule has 0 bridgehead atoms. The van der Waals surface area contributed by atoms with Crippen LogP contribution in [0.15, 0.2) is 41.8 Å². The van der Waals surface area contributed by atoms with Crippen molar-refractivity contribution in [2.45, 2.75) is 12.6 Å². The van der Waals surface area contributed by atoms with Crippen molar-refractivity contribution < 1.29 is 18.0 Å². The minimum Gasteiger partial charge on any atom is -0.352 e. The van der Waals surface area contributed by atoms with Gasteiger partial charge in [-0.15, -0.1) is 11.3 Å². The molecule has 122 valence electrons. The van der Waals surface area contributed by atoms with Crippen LogP contribution in [0.3, 0.4) is 0 Å². The Bertz CT molecular complexity index is 696. The van der Waals surface area contributed by atoms with Gasteiger partial charge in [0.2, 0.25) is 5.91 Å². The molecule has 0 saturated carbocycles. The summed E-state index contributed by atoms with van der Waals surface area (Å²) in [5.74, 6) is -0.356. The molecule has 2 aromatic rings. The van der Waals surface area contributed by atoms with E-state index in [9.17, 15) is 18.0 Å². The quantitative estimate of drug-likeness (QED) is 0.764. The molecule has 0 radical (unpaired) electrons. The Morgan fingerprint density at radius 3 is 2.74 bits per heavy atom. The highest BCUT2D eigenvalue weighted by atomic mass is 35.5. The van der Waals surface area contributed by atoms with Gasteiger partial charge in [-0.3, -0.25) is 4.79 Å². The van der Waals surface area contributed by atoms with Crippen LogP contribution in [0.1, 0.15) is 16.0 Å². The van der Waals surface area contributed by atoms with Crippen LogP contribution in [-0.4, -0.2) is 12.5 Å². The predicted octanol–water partition coefficient (Wildman–Crippen LogP) is 4.79. The first-order valence-electron chi connectivity index (χ1n) is 6.71. The van der Waals surface area contributed by atoms with Gasteiger partial charge in [0.15, 0.2) is 0 Å². The third kappa shape index (κ3) is 5.41. The van der Waals surface area contributed by atoms with E-state index in [0.717, 1.165) is 17.4 Å². The average Bonchev–Trinajstić information content (AvgIpc) is 2.98. The number of amides is 1. The molecule has 0 unspecified atom stereocenters. The molecule has 0 saturated heterocycles. The maximum atomic E-state index is 12.7. The molecule has 0 atom stereocenters. The van der Waals surface area contributed by atoms with Crippen LogP contribution in [0.25, 0.3) is 6.08 Å². The lowest BCUT2D eigenvalue weighted by Crippen LogP contribution is -2.23. The van der Waals surface area contributed by atoms with Gasteiger partial charge in [-0.05, 0) is 41.6 Å². The van der Waals surface area contributed by atoms with E-state index < -0.39 is 11.7 Å². The standard InChI is InChI=1S/C16H13ClF3NOS/c17-14-5-3-11(10-13(14)16(18,19)20)4-6-15(22)21-8-7-12-2-1-9-23-12/h1-6,9-10H,7-8H2,(H,21,22)/b6-4+. The Balaban J connectivity index is 1.93. The molecule has 1 heterocycles. The molecule has 0 aliphatic heterocycles. The number of thiophene rings is 1. The summed E-state index contributed by atoms with van der Waals surface area (Å²) in [7, 11) is 0. The summed E-state index contributed by atoms with van der Waals surface area (Å²) < 4.78 is 38.2. The van der Waals surface area contributed by atoms with Crippen molar-refractivity contribution in [1.29, 1.82) is 0 Å². The Morgan fingerprint density at radius 1 is 1.30 bits per heavy atom. The molecular weight excluding hydrogens is 347 g/mol. The van der Waals surface area contributed by atoms with Gasteiger partial charge in [0.1, 0.15) is 0 Å². The van der Waals surface area contributed by atoms with Crippen molar-refractivity contribution in [3.63, 3.8) is 0 Å². The Labute approximate surface area is 140 Å². The summed E-state index contributed by atoms with van der Waals surface area (Å²) in [5, 5.41) is 4.27. The number of alkyl halides is 3. The van der Waals surface area contributed by atoms with Crippen LogP contribution in [0.4, 0.5) is 13.2 Å². The molecule has 7 heteroatoms. The predicted molar refractivity (Wildman–Crippen MR) is 86.5 cm³/mol. The molecule has 1 amide bonds. The first-order valence-corrected chi connectivity index (χ1v) is 7.97. The lowest BCUT2D eigenvalue weighted by molar-refractivity contribution is -0.137. The fourth-order valence-electron chi connectivity index (χ4n) is 1.86. The van der Waals surface area contributed by atoms with E-state index in [0.29, 0.717) is 6.54 Å². The van der Waals surface area contributed by atoms with E-state index >= 15 is 0 Å². The third-order valence-electron chi connectivity index (χ3n) is 2.97. The van der Waals surface area contributed by atoms with Crippen molar-refractivity contribution >= 4 is 34.9 Å². The van der Waals surface area contributed by atoms with Crippen LogP contribution >= 0.6 is 22.9 Å². The molecule has 23 heavy (non-hydrogen) atoms. The van der Waals surface area contributed by atoms with Crippen LogP contribution in [0.2, 0.25) is 5.02 Å². The van der Waals surface area contributed by atoms with Gasteiger partial charge in [0, 0.05) is 17.5 Å². The molecule has 1 aromatic carbocycles. The van der Waals surface area contributed by atoms with Crippen LogP contribution in [0.5, 0.6) is 0 Å². The fourth-order valence-corrected chi connectivity index (χ4v) is 2.79.